The van der Waals surface area contributed by atoms with E-state index in [-0.39, 0.29) is 22.1 Å². The van der Waals surface area contributed by atoms with Crippen molar-refractivity contribution >= 4 is 57.0 Å². The van der Waals surface area contributed by atoms with Gasteiger partial charge in [0.2, 0.25) is 5.13 Å². The van der Waals surface area contributed by atoms with Crippen LogP contribution in [-0.2, 0) is 15.3 Å². The van der Waals surface area contributed by atoms with E-state index in [2.05, 4.69) is 15.2 Å². The minimum atomic E-state index is -1.12. The molecule has 4 heterocycles. The highest BCUT2D eigenvalue weighted by molar-refractivity contribution is 8.00. The van der Waals surface area contributed by atoms with Crippen molar-refractivity contribution in [3.05, 3.63) is 116 Å². The van der Waals surface area contributed by atoms with Gasteiger partial charge in [0.1, 0.15) is 11.3 Å². The number of aliphatic hydroxyl groups excluding tert-OH is 1. The molecule has 0 aliphatic carbocycles. The van der Waals surface area contributed by atoms with Crippen LogP contribution in [-0.4, -0.2) is 41.3 Å². The van der Waals surface area contributed by atoms with Gasteiger partial charge in [0.05, 0.1) is 22.2 Å². The fourth-order valence-corrected chi connectivity index (χ4v) is 6.81. The van der Waals surface area contributed by atoms with Crippen LogP contribution in [0.3, 0.4) is 0 Å². The zero-order valence-electron chi connectivity index (χ0n) is 23.2. The van der Waals surface area contributed by atoms with E-state index in [9.17, 15) is 24.8 Å². The Labute approximate surface area is 253 Å². The number of aromatic nitrogens is 4. The summed E-state index contributed by atoms with van der Waals surface area (Å²) in [6.45, 7) is 5.65. The van der Waals surface area contributed by atoms with Crippen LogP contribution in [0.2, 0.25) is 0 Å². The summed E-state index contributed by atoms with van der Waals surface area (Å²) in [4.78, 5) is 43.7. The number of thioether (sulfide) groups is 1. The Balaban J connectivity index is 1.44. The number of Topliss-reactive ketones (excluding diaryl/α,β-unsaturated/α-hetero) is 1. The Bertz CT molecular complexity index is 1950. The van der Waals surface area contributed by atoms with Gasteiger partial charge in [-0.2, -0.15) is 0 Å². The van der Waals surface area contributed by atoms with E-state index in [1.807, 2.05) is 50.2 Å². The average molecular weight is 613 g/mol. The predicted molar refractivity (Wildman–Crippen MR) is 163 cm³/mol. The van der Waals surface area contributed by atoms with Crippen LogP contribution in [0.5, 0.6) is 0 Å². The van der Waals surface area contributed by atoms with E-state index < -0.39 is 28.4 Å². The van der Waals surface area contributed by atoms with E-state index in [0.717, 1.165) is 28.0 Å². The zero-order chi connectivity index (χ0) is 30.4. The van der Waals surface area contributed by atoms with Gasteiger partial charge in [-0.15, -0.1) is 10.2 Å². The van der Waals surface area contributed by atoms with Crippen molar-refractivity contribution in [3.63, 3.8) is 0 Å². The number of nitro groups is 1. The second kappa shape index (κ2) is 11.1. The molecule has 1 aliphatic rings. The van der Waals surface area contributed by atoms with Crippen LogP contribution in [0.15, 0.2) is 76.8 Å². The van der Waals surface area contributed by atoms with Crippen molar-refractivity contribution in [1.82, 2.24) is 19.6 Å². The van der Waals surface area contributed by atoms with Crippen molar-refractivity contribution in [2.45, 2.75) is 36.9 Å². The summed E-state index contributed by atoms with van der Waals surface area (Å²) < 4.78 is 2.38. The van der Waals surface area contributed by atoms with Crippen LogP contribution >= 0.6 is 23.1 Å². The number of anilines is 1. The summed E-state index contributed by atoms with van der Waals surface area (Å²) in [6, 6.07) is 16.2. The molecule has 216 valence electrons. The molecular weight excluding hydrogens is 589 g/mol. The summed E-state index contributed by atoms with van der Waals surface area (Å²) in [6.07, 6.45) is 1.80. The highest BCUT2D eigenvalue weighted by atomic mass is 32.2. The summed E-state index contributed by atoms with van der Waals surface area (Å²) in [5.41, 5.74) is 4.49. The molecule has 1 atom stereocenters. The molecule has 1 N–H and O–H groups in total. The first-order valence-electron chi connectivity index (χ1n) is 13.2. The Morgan fingerprint density at radius 2 is 1.77 bits per heavy atom. The summed E-state index contributed by atoms with van der Waals surface area (Å²) in [5, 5.41) is 31.6. The van der Waals surface area contributed by atoms with Gasteiger partial charge in [0, 0.05) is 24.1 Å². The lowest BCUT2D eigenvalue weighted by Crippen LogP contribution is -2.29. The maximum absolute atomic E-state index is 13.6. The molecule has 11 nitrogen and oxygen atoms in total. The molecule has 1 fully saturated rings. The number of non-ortho nitro benzene ring substituents is 1. The highest BCUT2D eigenvalue weighted by Crippen LogP contribution is 2.44. The molecule has 1 amide bonds. The number of aliphatic hydroxyl groups is 1. The standard InChI is InChI=1S/C30H24N6O5S2/c1-16-6-8-19(9-7-16)15-42-30-33-32-29(43-30)35-24(20-10-12-21(13-11-20)36(40)41)22(26(38)28(35)39)25(37)23-18(3)34-14-4-5-17(2)27(34)31-23/h4-14,24,37H,15H2,1-3H3/b25-22+. The SMILES string of the molecule is Cc1ccc(CSc2nnc(N3C(=O)C(=O)/C(=C(/O)c4nc5c(C)cccn5c4C)C3c3ccc([N+](=O)[O-])cc3)s2)cc1. The van der Waals surface area contributed by atoms with Crippen LogP contribution in [0, 0.1) is 30.9 Å². The Morgan fingerprint density at radius 1 is 1.05 bits per heavy atom. The monoisotopic (exact) mass is 612 g/mol. The zero-order valence-corrected chi connectivity index (χ0v) is 24.8. The second-order valence-corrected chi connectivity index (χ2v) is 12.3. The van der Waals surface area contributed by atoms with Gasteiger partial charge in [-0.1, -0.05) is 59.0 Å². The molecule has 6 rings (SSSR count). The van der Waals surface area contributed by atoms with Crippen molar-refractivity contribution in [3.8, 4) is 0 Å². The van der Waals surface area contributed by atoms with Crippen molar-refractivity contribution in [2.24, 2.45) is 0 Å². The van der Waals surface area contributed by atoms with Crippen LogP contribution in [0.25, 0.3) is 11.4 Å². The normalized spacial score (nSPS) is 16.3. The molecule has 1 unspecified atom stereocenters. The van der Waals surface area contributed by atoms with Gasteiger partial charge < -0.3 is 9.51 Å². The fourth-order valence-electron chi connectivity index (χ4n) is 4.99. The molecule has 1 saturated heterocycles. The molecule has 0 saturated carbocycles. The fraction of sp³-hybridized carbons (Fsp3) is 0.167. The largest absolute Gasteiger partial charge is 0.505 e. The number of nitro benzene ring substituents is 1. The Morgan fingerprint density at radius 3 is 2.44 bits per heavy atom. The number of nitrogens with zero attached hydrogens (tertiary/aromatic N) is 6. The number of imidazole rings is 1. The second-order valence-electron chi connectivity index (χ2n) is 10.1. The maximum atomic E-state index is 13.6. The molecule has 0 bridgehead atoms. The van der Waals surface area contributed by atoms with Gasteiger partial charge in [-0.3, -0.25) is 24.6 Å². The quantitative estimate of drug-likeness (QED) is 0.0449. The molecule has 0 spiro atoms. The first-order valence-corrected chi connectivity index (χ1v) is 15.0. The first-order chi connectivity index (χ1) is 20.6. The van der Waals surface area contributed by atoms with Gasteiger partial charge in [-0.05, 0) is 55.7 Å². The third-order valence-corrected chi connectivity index (χ3v) is 9.38. The molecule has 2 aromatic carbocycles. The van der Waals surface area contributed by atoms with Crippen LogP contribution in [0.1, 0.15) is 39.7 Å². The van der Waals surface area contributed by atoms with Gasteiger partial charge >= 0.3 is 5.91 Å². The minimum Gasteiger partial charge on any atom is -0.505 e. The Hall–Kier alpha value is -4.88. The molecule has 5 aromatic rings. The van der Waals surface area contributed by atoms with E-state index in [1.165, 1.54) is 40.9 Å². The van der Waals surface area contributed by atoms with Gasteiger partial charge in [0.15, 0.2) is 10.1 Å². The number of fused-ring (bicyclic) bond motifs is 1. The van der Waals surface area contributed by atoms with Crippen LogP contribution in [0.4, 0.5) is 10.8 Å². The van der Waals surface area contributed by atoms with Crippen molar-refractivity contribution in [1.29, 1.82) is 0 Å². The lowest BCUT2D eigenvalue weighted by molar-refractivity contribution is -0.384. The number of amides is 1. The molecular formula is C30H24N6O5S2. The van der Waals surface area contributed by atoms with Crippen molar-refractivity contribution in [2.75, 3.05) is 4.90 Å². The predicted octanol–water partition coefficient (Wildman–Crippen LogP) is 5.94. The summed E-state index contributed by atoms with van der Waals surface area (Å²) >= 11 is 2.59. The summed E-state index contributed by atoms with van der Waals surface area (Å²) in [7, 11) is 0. The Kier molecular flexibility index (Phi) is 7.28. The van der Waals surface area contributed by atoms with Gasteiger partial charge in [0.25, 0.3) is 11.5 Å². The average Bonchev–Trinajstić information content (AvgIpc) is 3.68. The van der Waals surface area contributed by atoms with E-state index in [1.54, 1.807) is 17.5 Å². The number of carbonyl (C=O) groups is 2. The number of aryl methyl sites for hydroxylation is 3. The lowest BCUT2D eigenvalue weighted by atomic mass is 9.96. The van der Waals surface area contributed by atoms with Crippen molar-refractivity contribution < 1.29 is 19.6 Å². The number of carbonyl (C=O) groups excluding carboxylic acids is 2. The van der Waals surface area contributed by atoms with E-state index >= 15 is 0 Å². The molecule has 13 heteroatoms. The number of hydrogen-bond donors (Lipinski definition) is 1. The summed E-state index contributed by atoms with van der Waals surface area (Å²) in [5.74, 6) is -1.62. The number of ketones is 1. The molecule has 0 radical (unpaired) electrons. The lowest BCUT2D eigenvalue weighted by Gasteiger charge is -2.22. The van der Waals surface area contributed by atoms with Crippen LogP contribution < -0.4 is 4.90 Å². The number of rotatable bonds is 7. The highest BCUT2D eigenvalue weighted by Gasteiger charge is 2.49. The van der Waals surface area contributed by atoms with E-state index in [4.69, 9.17) is 0 Å². The third-order valence-electron chi connectivity index (χ3n) is 7.26. The molecule has 43 heavy (non-hydrogen) atoms. The third kappa shape index (κ3) is 5.06. The number of pyridine rings is 1. The number of hydrogen-bond acceptors (Lipinski definition) is 10. The van der Waals surface area contributed by atoms with E-state index in [0.29, 0.717) is 27.0 Å². The molecule has 1 aliphatic heterocycles. The van der Waals surface area contributed by atoms with Gasteiger partial charge in [-0.25, -0.2) is 4.98 Å². The minimum absolute atomic E-state index is 0.155. The topological polar surface area (TPSA) is 144 Å². The first kappa shape index (κ1) is 28.2. The maximum Gasteiger partial charge on any atom is 0.301 e. The molecule has 3 aromatic heterocycles. The number of benzene rings is 2. The smallest absolute Gasteiger partial charge is 0.301 e.